The lowest BCUT2D eigenvalue weighted by atomic mass is 10.3. The number of aromatic carboxylic acids is 1. The average Bonchev–Trinajstić information content (AvgIpc) is 2.95. The van der Waals surface area contributed by atoms with Crippen molar-refractivity contribution in [2.75, 3.05) is 6.61 Å². The number of fused-ring (bicyclic) bond motifs is 1. The predicted molar refractivity (Wildman–Crippen MR) is 88.7 cm³/mol. The molecule has 3 aromatic rings. The van der Waals surface area contributed by atoms with Gasteiger partial charge in [0.2, 0.25) is 0 Å². The number of hydrogen-bond donors (Lipinski definition) is 1. The molecule has 0 saturated heterocycles. The Bertz CT molecular complexity index is 913. The number of carbonyl (C=O) groups is 1. The van der Waals surface area contributed by atoms with Gasteiger partial charge in [0.25, 0.3) is 0 Å². The standard InChI is InChI=1S/C17H16N4O3/c1-3-24-13-9-7-12(8-10-13)19-20-16-15(17(22)23)18-14-6-4-5-11(2)21(14)16/h4-10H,3H2,1-2H3,(H,22,23). The van der Waals surface area contributed by atoms with Crippen LogP contribution in [0.25, 0.3) is 5.65 Å². The average molecular weight is 324 g/mol. The van der Waals surface area contributed by atoms with E-state index in [1.807, 2.05) is 26.0 Å². The maximum absolute atomic E-state index is 11.4. The summed E-state index contributed by atoms with van der Waals surface area (Å²) in [5, 5.41) is 17.6. The first-order valence-electron chi connectivity index (χ1n) is 7.46. The van der Waals surface area contributed by atoms with E-state index >= 15 is 0 Å². The Morgan fingerprint density at radius 1 is 1.21 bits per heavy atom. The molecule has 1 aromatic carbocycles. The first kappa shape index (κ1) is 15.7. The molecule has 7 nitrogen and oxygen atoms in total. The Kier molecular flexibility index (Phi) is 4.24. The van der Waals surface area contributed by atoms with Gasteiger partial charge in [0.15, 0.2) is 11.5 Å². The Balaban J connectivity index is 2.02. The van der Waals surface area contributed by atoms with E-state index in [-0.39, 0.29) is 11.5 Å². The molecule has 0 atom stereocenters. The number of azo groups is 1. The Morgan fingerprint density at radius 3 is 2.62 bits per heavy atom. The molecular weight excluding hydrogens is 308 g/mol. The van der Waals surface area contributed by atoms with Gasteiger partial charge in [-0.3, -0.25) is 4.40 Å². The van der Waals surface area contributed by atoms with Crippen molar-refractivity contribution in [1.29, 1.82) is 0 Å². The van der Waals surface area contributed by atoms with Gasteiger partial charge in [-0.05, 0) is 50.2 Å². The van der Waals surface area contributed by atoms with E-state index in [9.17, 15) is 9.90 Å². The summed E-state index contributed by atoms with van der Waals surface area (Å²) in [6.07, 6.45) is 0. The van der Waals surface area contributed by atoms with Crippen LogP contribution in [0, 0.1) is 6.92 Å². The summed E-state index contributed by atoms with van der Waals surface area (Å²) >= 11 is 0. The summed E-state index contributed by atoms with van der Waals surface area (Å²) in [5.74, 6) is -0.198. The lowest BCUT2D eigenvalue weighted by molar-refractivity contribution is 0.0692. The number of hydrogen-bond acceptors (Lipinski definition) is 5. The summed E-state index contributed by atoms with van der Waals surface area (Å²) < 4.78 is 7.04. The zero-order valence-corrected chi connectivity index (χ0v) is 13.3. The fourth-order valence-electron chi connectivity index (χ4n) is 2.35. The molecule has 0 aliphatic rings. The van der Waals surface area contributed by atoms with Crippen LogP contribution in [-0.2, 0) is 0 Å². The van der Waals surface area contributed by atoms with Gasteiger partial charge in [0, 0.05) is 5.69 Å². The van der Waals surface area contributed by atoms with Crippen LogP contribution in [0.4, 0.5) is 11.5 Å². The first-order valence-corrected chi connectivity index (χ1v) is 7.46. The number of benzene rings is 1. The van der Waals surface area contributed by atoms with Crippen LogP contribution >= 0.6 is 0 Å². The monoisotopic (exact) mass is 324 g/mol. The van der Waals surface area contributed by atoms with Crippen molar-refractivity contribution < 1.29 is 14.6 Å². The minimum Gasteiger partial charge on any atom is -0.494 e. The number of aromatic nitrogens is 2. The van der Waals surface area contributed by atoms with Gasteiger partial charge in [0.05, 0.1) is 12.3 Å². The predicted octanol–water partition coefficient (Wildman–Crippen LogP) is 4.16. The molecule has 0 fully saturated rings. The van der Waals surface area contributed by atoms with Gasteiger partial charge in [-0.25, -0.2) is 9.78 Å². The molecule has 0 bridgehead atoms. The van der Waals surface area contributed by atoms with E-state index in [4.69, 9.17) is 4.74 Å². The van der Waals surface area contributed by atoms with E-state index in [0.717, 1.165) is 11.4 Å². The third-order valence-electron chi connectivity index (χ3n) is 3.42. The van der Waals surface area contributed by atoms with Crippen LogP contribution in [0.5, 0.6) is 5.75 Å². The van der Waals surface area contributed by atoms with Crippen LogP contribution in [-0.4, -0.2) is 27.1 Å². The second kappa shape index (κ2) is 6.49. The largest absolute Gasteiger partial charge is 0.494 e. The van der Waals surface area contributed by atoms with Gasteiger partial charge >= 0.3 is 5.97 Å². The molecule has 2 aromatic heterocycles. The molecule has 0 aliphatic heterocycles. The third kappa shape index (κ3) is 2.96. The molecular formula is C17H16N4O3. The maximum atomic E-state index is 11.4. The van der Waals surface area contributed by atoms with Crippen molar-refractivity contribution in [2.24, 2.45) is 10.2 Å². The highest BCUT2D eigenvalue weighted by Gasteiger charge is 2.19. The van der Waals surface area contributed by atoms with Crippen LogP contribution in [0.3, 0.4) is 0 Å². The van der Waals surface area contributed by atoms with Gasteiger partial charge in [-0.2, -0.15) is 0 Å². The van der Waals surface area contributed by atoms with Crippen molar-refractivity contribution in [2.45, 2.75) is 13.8 Å². The van der Waals surface area contributed by atoms with Crippen molar-refractivity contribution in [3.8, 4) is 5.75 Å². The van der Waals surface area contributed by atoms with E-state index in [2.05, 4.69) is 15.2 Å². The van der Waals surface area contributed by atoms with Crippen molar-refractivity contribution >= 4 is 23.1 Å². The van der Waals surface area contributed by atoms with E-state index in [1.165, 1.54) is 0 Å². The molecule has 122 valence electrons. The molecule has 0 amide bonds. The number of aryl methyl sites for hydroxylation is 1. The summed E-state index contributed by atoms with van der Waals surface area (Å²) in [4.78, 5) is 15.5. The zero-order valence-electron chi connectivity index (χ0n) is 13.3. The summed E-state index contributed by atoms with van der Waals surface area (Å²) in [6.45, 7) is 4.36. The molecule has 3 rings (SSSR count). The second-order valence-corrected chi connectivity index (χ2v) is 5.08. The number of carboxylic acids is 1. The first-order chi connectivity index (χ1) is 11.6. The van der Waals surface area contributed by atoms with Gasteiger partial charge in [-0.1, -0.05) is 6.07 Å². The van der Waals surface area contributed by atoms with Gasteiger partial charge < -0.3 is 9.84 Å². The Morgan fingerprint density at radius 2 is 1.96 bits per heavy atom. The normalized spacial score (nSPS) is 11.2. The van der Waals surface area contributed by atoms with Crippen LogP contribution in [0.1, 0.15) is 23.1 Å². The molecule has 0 spiro atoms. The van der Waals surface area contributed by atoms with Crippen molar-refractivity contribution in [1.82, 2.24) is 9.38 Å². The highest BCUT2D eigenvalue weighted by Crippen LogP contribution is 2.26. The molecule has 7 heteroatoms. The molecule has 0 unspecified atom stereocenters. The topological polar surface area (TPSA) is 88.5 Å². The van der Waals surface area contributed by atoms with Gasteiger partial charge in [-0.15, -0.1) is 10.2 Å². The minimum absolute atomic E-state index is 0.126. The highest BCUT2D eigenvalue weighted by atomic mass is 16.5. The van der Waals surface area contributed by atoms with Crippen LogP contribution in [0.2, 0.25) is 0 Å². The summed E-state index contributed by atoms with van der Waals surface area (Å²) in [6, 6.07) is 12.5. The maximum Gasteiger partial charge on any atom is 0.358 e. The fourth-order valence-corrected chi connectivity index (χ4v) is 2.35. The van der Waals surface area contributed by atoms with E-state index in [0.29, 0.717) is 17.9 Å². The number of rotatable bonds is 5. The lowest BCUT2D eigenvalue weighted by Gasteiger charge is -2.02. The number of carboxylic acid groups (broad SMARTS) is 1. The third-order valence-corrected chi connectivity index (χ3v) is 3.42. The zero-order chi connectivity index (χ0) is 17.1. The highest BCUT2D eigenvalue weighted by molar-refractivity contribution is 5.91. The van der Waals surface area contributed by atoms with Gasteiger partial charge in [0.1, 0.15) is 11.4 Å². The number of imidazole rings is 1. The lowest BCUT2D eigenvalue weighted by Crippen LogP contribution is -1.97. The number of ether oxygens (including phenoxy) is 1. The molecule has 24 heavy (non-hydrogen) atoms. The molecule has 1 N–H and O–H groups in total. The number of pyridine rings is 1. The molecule has 2 heterocycles. The van der Waals surface area contributed by atoms with Crippen LogP contribution < -0.4 is 4.74 Å². The smallest absolute Gasteiger partial charge is 0.358 e. The van der Waals surface area contributed by atoms with Crippen LogP contribution in [0.15, 0.2) is 52.7 Å². The Hall–Kier alpha value is -3.22. The van der Waals surface area contributed by atoms with E-state index in [1.54, 1.807) is 34.7 Å². The molecule has 0 aliphatic carbocycles. The summed E-state index contributed by atoms with van der Waals surface area (Å²) in [7, 11) is 0. The second-order valence-electron chi connectivity index (χ2n) is 5.08. The molecule has 0 saturated carbocycles. The van der Waals surface area contributed by atoms with Crippen molar-refractivity contribution in [3.63, 3.8) is 0 Å². The number of nitrogens with zero attached hydrogens (tertiary/aromatic N) is 4. The quantitative estimate of drug-likeness (QED) is 0.714. The summed E-state index contributed by atoms with van der Waals surface area (Å²) in [5.41, 5.74) is 1.82. The van der Waals surface area contributed by atoms with Crippen molar-refractivity contribution in [3.05, 3.63) is 53.9 Å². The van der Waals surface area contributed by atoms with E-state index < -0.39 is 5.97 Å². The Labute approximate surface area is 138 Å². The molecule has 0 radical (unpaired) electrons. The SMILES string of the molecule is CCOc1ccc(N=Nc2c(C(=O)O)nc3cccc(C)n23)cc1. The minimum atomic E-state index is -1.14. The fraction of sp³-hybridized carbons (Fsp3) is 0.176.